The summed E-state index contributed by atoms with van der Waals surface area (Å²) in [5, 5.41) is 2.80. The molecule has 0 saturated heterocycles. The fraction of sp³-hybridized carbons (Fsp3) is 0.462. The summed E-state index contributed by atoms with van der Waals surface area (Å²) in [6.07, 6.45) is 2.92. The molecule has 0 unspecified atom stereocenters. The highest BCUT2D eigenvalue weighted by Crippen LogP contribution is 2.17. The van der Waals surface area contributed by atoms with Gasteiger partial charge in [0, 0.05) is 24.7 Å². The smallest absolute Gasteiger partial charge is 0.252 e. The number of carbonyl (C=O) groups is 1. The number of halogens is 2. The molecule has 100 valence electrons. The van der Waals surface area contributed by atoms with Crippen LogP contribution in [0.15, 0.2) is 22.7 Å². The summed E-state index contributed by atoms with van der Waals surface area (Å²) in [6.45, 7) is 1.36. The van der Waals surface area contributed by atoms with Gasteiger partial charge in [0.25, 0.3) is 5.91 Å². The Hall–Kier alpha value is -0.940. The standard InChI is InChI=1S/C13H17BrFNO2/c1-18-8-4-2-3-7-16-13(17)11-6-5-10(15)9-12(11)14/h5-6,9H,2-4,7-8H2,1H3,(H,16,17). The first kappa shape index (κ1) is 15.1. The minimum absolute atomic E-state index is 0.186. The third-order valence-corrected chi connectivity index (χ3v) is 3.14. The fourth-order valence-electron chi connectivity index (χ4n) is 1.52. The molecule has 18 heavy (non-hydrogen) atoms. The fourth-order valence-corrected chi connectivity index (χ4v) is 2.05. The lowest BCUT2D eigenvalue weighted by atomic mass is 10.2. The average Bonchev–Trinajstić information content (AvgIpc) is 2.33. The molecule has 1 rings (SSSR count). The van der Waals surface area contributed by atoms with E-state index in [9.17, 15) is 9.18 Å². The van der Waals surface area contributed by atoms with Gasteiger partial charge in [0.15, 0.2) is 0 Å². The van der Waals surface area contributed by atoms with Gasteiger partial charge in [0.2, 0.25) is 0 Å². The van der Waals surface area contributed by atoms with Gasteiger partial charge in [0.1, 0.15) is 5.82 Å². The summed E-state index contributed by atoms with van der Waals surface area (Å²) in [4.78, 5) is 11.8. The van der Waals surface area contributed by atoms with E-state index in [0.29, 0.717) is 16.6 Å². The molecule has 0 radical (unpaired) electrons. The van der Waals surface area contributed by atoms with Crippen molar-refractivity contribution in [1.29, 1.82) is 0 Å². The first-order chi connectivity index (χ1) is 8.65. The van der Waals surface area contributed by atoms with Crippen molar-refractivity contribution in [2.45, 2.75) is 19.3 Å². The van der Waals surface area contributed by atoms with Crippen molar-refractivity contribution >= 4 is 21.8 Å². The van der Waals surface area contributed by atoms with E-state index in [2.05, 4.69) is 21.2 Å². The van der Waals surface area contributed by atoms with E-state index < -0.39 is 0 Å². The second-order valence-corrected chi connectivity index (χ2v) is 4.79. The zero-order valence-electron chi connectivity index (χ0n) is 10.3. The Balaban J connectivity index is 2.32. The number of hydrogen-bond acceptors (Lipinski definition) is 2. The van der Waals surface area contributed by atoms with Crippen LogP contribution in [0.3, 0.4) is 0 Å². The number of unbranched alkanes of at least 4 members (excludes halogenated alkanes) is 2. The minimum Gasteiger partial charge on any atom is -0.385 e. The molecule has 1 aromatic carbocycles. The number of rotatable bonds is 7. The van der Waals surface area contributed by atoms with E-state index in [1.807, 2.05) is 0 Å². The summed E-state index contributed by atoms with van der Waals surface area (Å²) in [6, 6.07) is 4.03. The molecule has 0 aromatic heterocycles. The van der Waals surface area contributed by atoms with E-state index in [0.717, 1.165) is 25.9 Å². The van der Waals surface area contributed by atoms with Gasteiger partial charge in [-0.3, -0.25) is 4.79 Å². The van der Waals surface area contributed by atoms with E-state index >= 15 is 0 Å². The summed E-state index contributed by atoms with van der Waals surface area (Å²) < 4.78 is 18.3. The van der Waals surface area contributed by atoms with Crippen molar-refractivity contribution in [3.8, 4) is 0 Å². The van der Waals surface area contributed by atoms with Crippen molar-refractivity contribution < 1.29 is 13.9 Å². The molecule has 0 fully saturated rings. The van der Waals surface area contributed by atoms with Gasteiger partial charge >= 0.3 is 0 Å². The molecular formula is C13H17BrFNO2. The molecule has 1 amide bonds. The van der Waals surface area contributed by atoms with Gasteiger partial charge in [-0.1, -0.05) is 0 Å². The molecule has 5 heteroatoms. The molecule has 0 aliphatic carbocycles. The van der Waals surface area contributed by atoms with Crippen LogP contribution >= 0.6 is 15.9 Å². The highest BCUT2D eigenvalue weighted by molar-refractivity contribution is 9.10. The van der Waals surface area contributed by atoms with Gasteiger partial charge in [-0.15, -0.1) is 0 Å². The quantitative estimate of drug-likeness (QED) is 0.785. The Morgan fingerprint density at radius 2 is 2.17 bits per heavy atom. The Bertz CT molecular complexity index is 399. The zero-order chi connectivity index (χ0) is 13.4. The maximum Gasteiger partial charge on any atom is 0.252 e. The lowest BCUT2D eigenvalue weighted by Crippen LogP contribution is -2.24. The van der Waals surface area contributed by atoms with E-state index in [1.54, 1.807) is 7.11 Å². The lowest BCUT2D eigenvalue weighted by molar-refractivity contribution is 0.0952. The molecule has 0 atom stereocenters. The van der Waals surface area contributed by atoms with Crippen molar-refractivity contribution in [3.05, 3.63) is 34.1 Å². The van der Waals surface area contributed by atoms with Crippen LogP contribution in [-0.2, 0) is 4.74 Å². The minimum atomic E-state index is -0.363. The Labute approximate surface area is 115 Å². The highest BCUT2D eigenvalue weighted by Gasteiger charge is 2.09. The van der Waals surface area contributed by atoms with Gasteiger partial charge < -0.3 is 10.1 Å². The number of amides is 1. The summed E-state index contributed by atoms with van der Waals surface area (Å²) in [7, 11) is 1.67. The van der Waals surface area contributed by atoms with E-state index in [4.69, 9.17) is 4.74 Å². The Morgan fingerprint density at radius 1 is 1.39 bits per heavy atom. The Morgan fingerprint density at radius 3 is 2.83 bits per heavy atom. The van der Waals surface area contributed by atoms with Crippen LogP contribution in [0.1, 0.15) is 29.6 Å². The molecular weight excluding hydrogens is 301 g/mol. The molecule has 0 aliphatic heterocycles. The normalized spacial score (nSPS) is 10.4. The third kappa shape index (κ3) is 5.14. The van der Waals surface area contributed by atoms with Crippen LogP contribution in [0.4, 0.5) is 4.39 Å². The monoisotopic (exact) mass is 317 g/mol. The number of nitrogens with one attached hydrogen (secondary N) is 1. The van der Waals surface area contributed by atoms with E-state index in [1.165, 1.54) is 18.2 Å². The summed E-state index contributed by atoms with van der Waals surface area (Å²) in [5.41, 5.74) is 0.452. The third-order valence-electron chi connectivity index (χ3n) is 2.49. The van der Waals surface area contributed by atoms with Crippen LogP contribution in [-0.4, -0.2) is 26.2 Å². The Kier molecular flexibility index (Phi) is 6.90. The van der Waals surface area contributed by atoms with Crippen molar-refractivity contribution in [2.75, 3.05) is 20.3 Å². The maximum absolute atomic E-state index is 12.9. The number of hydrogen-bond donors (Lipinski definition) is 1. The van der Waals surface area contributed by atoms with Crippen LogP contribution in [0.5, 0.6) is 0 Å². The first-order valence-electron chi connectivity index (χ1n) is 5.87. The van der Waals surface area contributed by atoms with Gasteiger partial charge in [-0.2, -0.15) is 0 Å². The van der Waals surface area contributed by atoms with Crippen LogP contribution in [0, 0.1) is 5.82 Å². The number of carbonyl (C=O) groups excluding carboxylic acids is 1. The van der Waals surface area contributed by atoms with Crippen LogP contribution in [0.2, 0.25) is 0 Å². The molecule has 0 heterocycles. The largest absolute Gasteiger partial charge is 0.385 e. The van der Waals surface area contributed by atoms with Crippen LogP contribution in [0.25, 0.3) is 0 Å². The molecule has 0 saturated carbocycles. The second-order valence-electron chi connectivity index (χ2n) is 3.93. The molecule has 0 spiro atoms. The zero-order valence-corrected chi connectivity index (χ0v) is 11.9. The van der Waals surface area contributed by atoms with Gasteiger partial charge in [0.05, 0.1) is 5.56 Å². The molecule has 0 bridgehead atoms. The van der Waals surface area contributed by atoms with Crippen LogP contribution < -0.4 is 5.32 Å². The lowest BCUT2D eigenvalue weighted by Gasteiger charge is -2.06. The second kappa shape index (κ2) is 8.21. The number of methoxy groups -OCH3 is 1. The maximum atomic E-state index is 12.9. The number of benzene rings is 1. The highest BCUT2D eigenvalue weighted by atomic mass is 79.9. The predicted molar refractivity (Wildman–Crippen MR) is 72.2 cm³/mol. The summed E-state index contributed by atoms with van der Waals surface area (Å²) in [5.74, 6) is -0.549. The van der Waals surface area contributed by atoms with Crippen molar-refractivity contribution in [1.82, 2.24) is 5.32 Å². The summed E-state index contributed by atoms with van der Waals surface area (Å²) >= 11 is 3.17. The molecule has 3 nitrogen and oxygen atoms in total. The first-order valence-corrected chi connectivity index (χ1v) is 6.66. The molecule has 1 N–H and O–H groups in total. The topological polar surface area (TPSA) is 38.3 Å². The van der Waals surface area contributed by atoms with Gasteiger partial charge in [-0.05, 0) is 53.4 Å². The van der Waals surface area contributed by atoms with Crippen molar-refractivity contribution in [3.63, 3.8) is 0 Å². The molecule has 1 aromatic rings. The van der Waals surface area contributed by atoms with E-state index in [-0.39, 0.29) is 11.7 Å². The average molecular weight is 318 g/mol. The molecule has 0 aliphatic rings. The predicted octanol–water partition coefficient (Wildman–Crippen LogP) is 3.13. The SMILES string of the molecule is COCCCCCNC(=O)c1ccc(F)cc1Br. The van der Waals surface area contributed by atoms with Gasteiger partial charge in [-0.25, -0.2) is 4.39 Å². The number of ether oxygens (including phenoxy) is 1. The van der Waals surface area contributed by atoms with Crippen molar-refractivity contribution in [2.24, 2.45) is 0 Å².